The van der Waals surface area contributed by atoms with E-state index >= 15 is 0 Å². The smallest absolute Gasteiger partial charge is 0.0638 e. The maximum atomic E-state index is 9.13. The summed E-state index contributed by atoms with van der Waals surface area (Å²) in [5.41, 5.74) is 1.14. The van der Waals surface area contributed by atoms with E-state index in [1.807, 2.05) is 31.2 Å². The summed E-state index contributed by atoms with van der Waals surface area (Å²) in [6.07, 6.45) is 0. The van der Waals surface area contributed by atoms with E-state index in [0.29, 0.717) is 6.61 Å². The zero-order chi connectivity index (χ0) is 12.0. The van der Waals surface area contributed by atoms with Crippen LogP contribution in [0.1, 0.15) is 18.5 Å². The highest BCUT2D eigenvalue weighted by Gasteiger charge is 2.12. The largest absolute Gasteiger partial charge is 0.395 e. The summed E-state index contributed by atoms with van der Waals surface area (Å²) in [5, 5.41) is 13.1. The first-order chi connectivity index (χ1) is 7.67. The molecule has 0 aliphatic carbocycles. The van der Waals surface area contributed by atoms with E-state index in [1.165, 1.54) is 0 Å². The maximum absolute atomic E-state index is 9.13. The third-order valence-corrected chi connectivity index (χ3v) is 2.70. The molecule has 90 valence electrons. The molecule has 0 amide bonds. The summed E-state index contributed by atoms with van der Waals surface area (Å²) in [7, 11) is 1.62. The Bertz CT molecular complexity index is 302. The molecule has 0 radical (unpaired) electrons. The van der Waals surface area contributed by atoms with Crippen LogP contribution in [0.3, 0.4) is 0 Å². The molecule has 0 saturated carbocycles. The van der Waals surface area contributed by atoms with Crippen molar-refractivity contribution < 1.29 is 9.84 Å². The second kappa shape index (κ2) is 6.86. The number of methoxy groups -OCH3 is 1. The van der Waals surface area contributed by atoms with Crippen LogP contribution in [0.2, 0.25) is 5.02 Å². The van der Waals surface area contributed by atoms with Gasteiger partial charge >= 0.3 is 0 Å². The first-order valence-corrected chi connectivity index (χ1v) is 5.66. The third-order valence-electron chi connectivity index (χ3n) is 2.44. The Morgan fingerprint density at radius 1 is 1.38 bits per heavy atom. The van der Waals surface area contributed by atoms with E-state index in [1.54, 1.807) is 7.11 Å². The molecule has 2 N–H and O–H groups in total. The molecule has 3 nitrogen and oxygen atoms in total. The molecule has 0 spiro atoms. The Labute approximate surface area is 101 Å². The number of ether oxygens (including phenoxy) is 1. The van der Waals surface area contributed by atoms with Gasteiger partial charge in [0.15, 0.2) is 0 Å². The van der Waals surface area contributed by atoms with E-state index in [0.717, 1.165) is 10.6 Å². The molecule has 1 rings (SSSR count). The van der Waals surface area contributed by atoms with Crippen molar-refractivity contribution in [1.82, 2.24) is 5.32 Å². The van der Waals surface area contributed by atoms with Crippen molar-refractivity contribution in [3.63, 3.8) is 0 Å². The van der Waals surface area contributed by atoms with E-state index in [9.17, 15) is 0 Å². The average Bonchev–Trinajstić information content (AvgIpc) is 2.29. The Kier molecular flexibility index (Phi) is 5.77. The average molecular weight is 244 g/mol. The number of rotatable bonds is 6. The van der Waals surface area contributed by atoms with Crippen LogP contribution >= 0.6 is 11.6 Å². The van der Waals surface area contributed by atoms with Crippen molar-refractivity contribution in [3.8, 4) is 0 Å². The van der Waals surface area contributed by atoms with Gasteiger partial charge in [-0.25, -0.2) is 0 Å². The summed E-state index contributed by atoms with van der Waals surface area (Å²) in [4.78, 5) is 0. The summed E-state index contributed by atoms with van der Waals surface area (Å²) >= 11 is 5.82. The molecule has 0 aromatic heterocycles. The predicted molar refractivity (Wildman–Crippen MR) is 65.8 cm³/mol. The van der Waals surface area contributed by atoms with Crippen LogP contribution in [0.5, 0.6) is 0 Å². The van der Waals surface area contributed by atoms with E-state index in [4.69, 9.17) is 21.4 Å². The topological polar surface area (TPSA) is 41.5 Å². The molecule has 0 fully saturated rings. The second-order valence-electron chi connectivity index (χ2n) is 3.77. The number of aliphatic hydroxyl groups excluding tert-OH is 1. The highest BCUT2D eigenvalue weighted by atomic mass is 35.5. The molecule has 2 atom stereocenters. The number of hydrogen-bond acceptors (Lipinski definition) is 3. The molecule has 16 heavy (non-hydrogen) atoms. The van der Waals surface area contributed by atoms with Gasteiger partial charge in [0.05, 0.1) is 19.3 Å². The van der Waals surface area contributed by atoms with Gasteiger partial charge in [-0.2, -0.15) is 0 Å². The van der Waals surface area contributed by atoms with Crippen molar-refractivity contribution in [2.45, 2.75) is 19.0 Å². The molecule has 0 aliphatic heterocycles. The molecule has 0 saturated heterocycles. The molecule has 0 aliphatic rings. The highest BCUT2D eigenvalue weighted by Crippen LogP contribution is 2.16. The van der Waals surface area contributed by atoms with Crippen molar-refractivity contribution in [3.05, 3.63) is 34.9 Å². The Balaban J connectivity index is 2.56. The van der Waals surface area contributed by atoms with Gasteiger partial charge in [-0.15, -0.1) is 0 Å². The molecular formula is C12H18ClNO2. The Hall–Kier alpha value is -0.610. The molecule has 1 aromatic rings. The number of hydrogen-bond donors (Lipinski definition) is 2. The van der Waals surface area contributed by atoms with Crippen LogP contribution in [0, 0.1) is 0 Å². The second-order valence-corrected chi connectivity index (χ2v) is 4.21. The highest BCUT2D eigenvalue weighted by molar-refractivity contribution is 6.30. The standard InChI is InChI=1S/C12H18ClNO2/c1-9(14-12(7-15)8-16-2)10-3-5-11(13)6-4-10/h3-6,9,12,14-15H,7-8H2,1-2H3. The lowest BCUT2D eigenvalue weighted by Gasteiger charge is -2.21. The van der Waals surface area contributed by atoms with Crippen LogP contribution in [0.25, 0.3) is 0 Å². The molecule has 0 heterocycles. The van der Waals surface area contributed by atoms with Gasteiger partial charge in [0.25, 0.3) is 0 Å². The number of nitrogens with one attached hydrogen (secondary N) is 1. The SMILES string of the molecule is COCC(CO)NC(C)c1ccc(Cl)cc1. The monoisotopic (exact) mass is 243 g/mol. The Morgan fingerprint density at radius 2 is 2.00 bits per heavy atom. The molecule has 1 aromatic carbocycles. The van der Waals surface area contributed by atoms with Crippen molar-refractivity contribution in [2.24, 2.45) is 0 Å². The summed E-state index contributed by atoms with van der Waals surface area (Å²) in [6.45, 7) is 2.60. The first kappa shape index (κ1) is 13.5. The minimum atomic E-state index is -0.0457. The van der Waals surface area contributed by atoms with Crippen LogP contribution < -0.4 is 5.32 Å². The van der Waals surface area contributed by atoms with Crippen LogP contribution in [0.4, 0.5) is 0 Å². The molecular weight excluding hydrogens is 226 g/mol. The number of benzene rings is 1. The van der Waals surface area contributed by atoms with Crippen molar-refractivity contribution in [2.75, 3.05) is 20.3 Å². The number of halogens is 1. The fraction of sp³-hybridized carbons (Fsp3) is 0.500. The van der Waals surface area contributed by atoms with Gasteiger partial charge < -0.3 is 15.2 Å². The van der Waals surface area contributed by atoms with Gasteiger partial charge in [0, 0.05) is 18.2 Å². The molecule has 4 heteroatoms. The summed E-state index contributed by atoms with van der Waals surface area (Å²) < 4.78 is 5.01. The van der Waals surface area contributed by atoms with Gasteiger partial charge in [-0.05, 0) is 24.6 Å². The first-order valence-electron chi connectivity index (χ1n) is 5.28. The van der Waals surface area contributed by atoms with E-state index in [2.05, 4.69) is 5.32 Å². The van der Waals surface area contributed by atoms with Crippen LogP contribution in [-0.4, -0.2) is 31.5 Å². The van der Waals surface area contributed by atoms with Crippen LogP contribution in [0.15, 0.2) is 24.3 Å². The minimum Gasteiger partial charge on any atom is -0.395 e. The fourth-order valence-electron chi connectivity index (χ4n) is 1.56. The van der Waals surface area contributed by atoms with Gasteiger partial charge in [-0.1, -0.05) is 23.7 Å². The molecule has 2 unspecified atom stereocenters. The lowest BCUT2D eigenvalue weighted by molar-refractivity contribution is 0.123. The maximum Gasteiger partial charge on any atom is 0.0638 e. The van der Waals surface area contributed by atoms with Gasteiger partial charge in [-0.3, -0.25) is 0 Å². The lowest BCUT2D eigenvalue weighted by Crippen LogP contribution is -2.38. The Morgan fingerprint density at radius 3 is 2.50 bits per heavy atom. The van der Waals surface area contributed by atoms with E-state index in [-0.39, 0.29) is 18.7 Å². The van der Waals surface area contributed by atoms with Crippen LogP contribution in [-0.2, 0) is 4.74 Å². The molecule has 0 bridgehead atoms. The fourth-order valence-corrected chi connectivity index (χ4v) is 1.68. The zero-order valence-corrected chi connectivity index (χ0v) is 10.4. The lowest BCUT2D eigenvalue weighted by atomic mass is 10.1. The number of aliphatic hydroxyl groups is 1. The normalized spacial score (nSPS) is 14.8. The van der Waals surface area contributed by atoms with Crippen molar-refractivity contribution in [1.29, 1.82) is 0 Å². The van der Waals surface area contributed by atoms with Gasteiger partial charge in [0.1, 0.15) is 0 Å². The zero-order valence-electron chi connectivity index (χ0n) is 9.61. The third kappa shape index (κ3) is 4.10. The predicted octanol–water partition coefficient (Wildman–Crippen LogP) is 2.00. The minimum absolute atomic E-state index is 0.0457. The van der Waals surface area contributed by atoms with Crippen molar-refractivity contribution >= 4 is 11.6 Å². The van der Waals surface area contributed by atoms with Gasteiger partial charge in [0.2, 0.25) is 0 Å². The summed E-state index contributed by atoms with van der Waals surface area (Å²) in [6, 6.07) is 7.78. The summed E-state index contributed by atoms with van der Waals surface area (Å²) in [5.74, 6) is 0. The van der Waals surface area contributed by atoms with E-state index < -0.39 is 0 Å². The quantitative estimate of drug-likeness (QED) is 0.803.